The molecule has 2 heterocycles. The Balaban J connectivity index is 2.05. The molecule has 1 aromatic rings. The lowest BCUT2D eigenvalue weighted by Crippen LogP contribution is -2.54. The minimum Gasteiger partial charge on any atom is -0.444 e. The highest BCUT2D eigenvalue weighted by Gasteiger charge is 2.30. The first-order valence-electron chi connectivity index (χ1n) is 7.41. The zero-order valence-electron chi connectivity index (χ0n) is 13.8. The highest BCUT2D eigenvalue weighted by atomic mass is 35.5. The van der Waals surface area contributed by atoms with E-state index in [9.17, 15) is 4.79 Å². The average molecular weight is 327 g/mol. The van der Waals surface area contributed by atoms with E-state index in [4.69, 9.17) is 16.3 Å². The van der Waals surface area contributed by atoms with E-state index < -0.39 is 5.60 Å². The Labute approximate surface area is 136 Å². The Bertz CT molecular complexity index is 539. The summed E-state index contributed by atoms with van der Waals surface area (Å²) < 4.78 is 5.43. The average Bonchev–Trinajstić information content (AvgIpc) is 2.35. The van der Waals surface area contributed by atoms with Gasteiger partial charge in [-0.05, 0) is 46.2 Å². The number of hydrogen-bond acceptors (Lipinski definition) is 5. The van der Waals surface area contributed by atoms with Gasteiger partial charge in [0.15, 0.2) is 0 Å². The predicted molar refractivity (Wildman–Crippen MR) is 86.4 cm³/mol. The number of amides is 1. The van der Waals surface area contributed by atoms with Crippen molar-refractivity contribution in [2.75, 3.05) is 24.5 Å². The van der Waals surface area contributed by atoms with Crippen LogP contribution in [0, 0.1) is 6.92 Å². The Morgan fingerprint density at radius 1 is 1.36 bits per heavy atom. The van der Waals surface area contributed by atoms with Crippen molar-refractivity contribution in [3.05, 3.63) is 17.0 Å². The van der Waals surface area contributed by atoms with E-state index in [-0.39, 0.29) is 17.4 Å². The lowest BCUT2D eigenvalue weighted by atomic mass is 10.2. The van der Waals surface area contributed by atoms with Gasteiger partial charge < -0.3 is 14.5 Å². The first-order valence-corrected chi connectivity index (χ1v) is 7.79. The maximum absolute atomic E-state index is 12.1. The van der Waals surface area contributed by atoms with Crippen LogP contribution in [-0.4, -0.2) is 52.2 Å². The van der Waals surface area contributed by atoms with Gasteiger partial charge in [0.1, 0.15) is 11.4 Å². The van der Waals surface area contributed by atoms with Crippen LogP contribution in [-0.2, 0) is 4.74 Å². The van der Waals surface area contributed by atoms with Gasteiger partial charge in [-0.25, -0.2) is 14.8 Å². The number of ether oxygens (including phenoxy) is 1. The van der Waals surface area contributed by atoms with Crippen LogP contribution in [0.1, 0.15) is 33.4 Å². The van der Waals surface area contributed by atoms with E-state index in [1.807, 2.05) is 33.8 Å². The minimum atomic E-state index is -0.477. The largest absolute Gasteiger partial charge is 0.444 e. The van der Waals surface area contributed by atoms with Crippen molar-refractivity contribution in [1.82, 2.24) is 14.9 Å². The summed E-state index contributed by atoms with van der Waals surface area (Å²) in [6, 6.07) is 2.04. The van der Waals surface area contributed by atoms with Crippen molar-refractivity contribution in [2.24, 2.45) is 0 Å². The molecule has 1 amide bonds. The molecule has 1 fully saturated rings. The molecule has 6 nitrogen and oxygen atoms in total. The molecule has 1 aliphatic heterocycles. The van der Waals surface area contributed by atoms with E-state index in [0.717, 1.165) is 11.5 Å². The Hall–Kier alpha value is -1.56. The van der Waals surface area contributed by atoms with Crippen molar-refractivity contribution >= 4 is 23.5 Å². The van der Waals surface area contributed by atoms with Crippen LogP contribution in [0.25, 0.3) is 0 Å². The molecule has 122 valence electrons. The summed E-state index contributed by atoms with van der Waals surface area (Å²) in [5.74, 6) is 0.800. The summed E-state index contributed by atoms with van der Waals surface area (Å²) in [6.07, 6.45) is -0.268. The fourth-order valence-electron chi connectivity index (χ4n) is 2.45. The summed E-state index contributed by atoms with van der Waals surface area (Å²) in [6.45, 7) is 11.4. The van der Waals surface area contributed by atoms with E-state index in [2.05, 4.69) is 21.8 Å². The molecule has 1 aromatic heterocycles. The SMILES string of the molecule is Cc1cc(N2CCN(C(=O)OC(C)(C)C)CC2C)nc(Cl)n1. The van der Waals surface area contributed by atoms with E-state index in [0.29, 0.717) is 19.6 Å². The van der Waals surface area contributed by atoms with E-state index in [1.165, 1.54) is 0 Å². The van der Waals surface area contributed by atoms with Gasteiger partial charge >= 0.3 is 6.09 Å². The standard InChI is InChI=1S/C15H23ClN4O2/c1-10-8-12(18-13(16)17-10)20-7-6-19(9-11(20)2)14(21)22-15(3,4)5/h8,11H,6-7,9H2,1-5H3. The van der Waals surface area contributed by atoms with Gasteiger partial charge in [-0.15, -0.1) is 0 Å². The lowest BCUT2D eigenvalue weighted by Gasteiger charge is -2.40. The summed E-state index contributed by atoms with van der Waals surface area (Å²) in [5, 5.41) is 0.247. The number of anilines is 1. The Kier molecular flexibility index (Phi) is 4.80. The highest BCUT2D eigenvalue weighted by molar-refractivity contribution is 6.28. The van der Waals surface area contributed by atoms with Crippen molar-refractivity contribution in [2.45, 2.75) is 46.3 Å². The predicted octanol–water partition coefficient (Wildman–Crippen LogP) is 2.88. The third-order valence-corrected chi connectivity index (χ3v) is 3.56. The molecular formula is C15H23ClN4O2. The third-order valence-electron chi connectivity index (χ3n) is 3.39. The number of nitrogens with zero attached hydrogens (tertiary/aromatic N) is 4. The van der Waals surface area contributed by atoms with Crippen LogP contribution in [0.5, 0.6) is 0 Å². The van der Waals surface area contributed by atoms with Crippen LogP contribution in [0.15, 0.2) is 6.07 Å². The second-order valence-electron chi connectivity index (χ2n) is 6.61. The van der Waals surface area contributed by atoms with Gasteiger partial charge in [-0.3, -0.25) is 0 Å². The first-order chi connectivity index (χ1) is 10.2. The Morgan fingerprint density at radius 3 is 2.59 bits per heavy atom. The molecule has 1 saturated heterocycles. The maximum atomic E-state index is 12.1. The lowest BCUT2D eigenvalue weighted by molar-refractivity contribution is 0.0218. The van der Waals surface area contributed by atoms with Gasteiger partial charge in [-0.1, -0.05) is 0 Å². The quantitative estimate of drug-likeness (QED) is 0.743. The van der Waals surface area contributed by atoms with Crippen molar-refractivity contribution < 1.29 is 9.53 Å². The van der Waals surface area contributed by atoms with Crippen molar-refractivity contribution in [3.8, 4) is 0 Å². The van der Waals surface area contributed by atoms with Gasteiger partial charge in [0.2, 0.25) is 5.28 Å². The zero-order chi connectivity index (χ0) is 16.5. The fourth-order valence-corrected chi connectivity index (χ4v) is 2.67. The first kappa shape index (κ1) is 16.8. The molecule has 0 bridgehead atoms. The second-order valence-corrected chi connectivity index (χ2v) is 6.94. The molecule has 0 N–H and O–H groups in total. The number of carbonyl (C=O) groups excluding carboxylic acids is 1. The number of aromatic nitrogens is 2. The molecule has 22 heavy (non-hydrogen) atoms. The van der Waals surface area contributed by atoms with Crippen LogP contribution < -0.4 is 4.90 Å². The van der Waals surface area contributed by atoms with Gasteiger partial charge in [0, 0.05) is 37.4 Å². The molecular weight excluding hydrogens is 304 g/mol. The number of aryl methyl sites for hydroxylation is 1. The molecule has 0 saturated carbocycles. The maximum Gasteiger partial charge on any atom is 0.410 e. The molecule has 1 aliphatic rings. The normalized spacial score (nSPS) is 19.3. The fraction of sp³-hybridized carbons (Fsp3) is 0.667. The number of carbonyl (C=O) groups is 1. The Morgan fingerprint density at radius 2 is 2.05 bits per heavy atom. The number of halogens is 1. The summed E-state index contributed by atoms with van der Waals surface area (Å²) in [5.41, 5.74) is 0.353. The van der Waals surface area contributed by atoms with Crippen LogP contribution in [0.2, 0.25) is 5.28 Å². The van der Waals surface area contributed by atoms with Crippen LogP contribution >= 0.6 is 11.6 Å². The van der Waals surface area contributed by atoms with Crippen molar-refractivity contribution in [3.63, 3.8) is 0 Å². The second kappa shape index (κ2) is 6.28. The summed E-state index contributed by atoms with van der Waals surface area (Å²) in [7, 11) is 0. The number of piperazine rings is 1. The third kappa shape index (κ3) is 4.22. The molecule has 1 unspecified atom stereocenters. The molecule has 2 rings (SSSR count). The molecule has 0 radical (unpaired) electrons. The topological polar surface area (TPSA) is 58.6 Å². The summed E-state index contributed by atoms with van der Waals surface area (Å²) >= 11 is 5.94. The molecule has 1 atom stereocenters. The summed E-state index contributed by atoms with van der Waals surface area (Å²) in [4.78, 5) is 24.4. The van der Waals surface area contributed by atoms with E-state index in [1.54, 1.807) is 4.90 Å². The van der Waals surface area contributed by atoms with Crippen LogP contribution in [0.4, 0.5) is 10.6 Å². The molecule has 7 heteroatoms. The molecule has 0 aromatic carbocycles. The monoisotopic (exact) mass is 326 g/mol. The highest BCUT2D eigenvalue weighted by Crippen LogP contribution is 2.21. The van der Waals surface area contributed by atoms with Crippen LogP contribution in [0.3, 0.4) is 0 Å². The van der Waals surface area contributed by atoms with Gasteiger partial charge in [-0.2, -0.15) is 0 Å². The van der Waals surface area contributed by atoms with Crippen molar-refractivity contribution in [1.29, 1.82) is 0 Å². The number of hydrogen-bond donors (Lipinski definition) is 0. The van der Waals surface area contributed by atoms with E-state index >= 15 is 0 Å². The smallest absolute Gasteiger partial charge is 0.410 e. The zero-order valence-corrected chi connectivity index (χ0v) is 14.5. The molecule has 0 spiro atoms. The van der Waals surface area contributed by atoms with Gasteiger partial charge in [0.05, 0.1) is 0 Å². The van der Waals surface area contributed by atoms with Gasteiger partial charge in [0.25, 0.3) is 0 Å². The number of rotatable bonds is 1. The minimum absolute atomic E-state index is 0.131. The molecule has 0 aliphatic carbocycles.